The van der Waals surface area contributed by atoms with Gasteiger partial charge in [0.1, 0.15) is 0 Å². The fourth-order valence-corrected chi connectivity index (χ4v) is 5.66. The third kappa shape index (κ3) is 3.94. The second-order valence-electron chi connectivity index (χ2n) is 7.30. The molecule has 126 valence electrons. The summed E-state index contributed by atoms with van der Waals surface area (Å²) in [6.45, 7) is 6.74. The first kappa shape index (κ1) is 16.9. The SMILES string of the molecule is C=P(C)(CC(C)Cc1ccc(N)c(-c2ccc(C)cc2)c1)N1C=C1. The average Bonchev–Trinajstić information content (AvgIpc) is 3.35. The Labute approximate surface area is 146 Å². The molecule has 0 bridgehead atoms. The number of nitrogens with two attached hydrogens (primary N) is 1. The monoisotopic (exact) mass is 338 g/mol. The van der Waals surface area contributed by atoms with Crippen molar-refractivity contribution in [2.24, 2.45) is 5.92 Å². The van der Waals surface area contributed by atoms with Gasteiger partial charge in [0, 0.05) is 23.7 Å². The molecule has 0 saturated carbocycles. The smallest absolute Gasteiger partial charge is 0.0393 e. The van der Waals surface area contributed by atoms with Crippen LogP contribution in [0.3, 0.4) is 0 Å². The summed E-state index contributed by atoms with van der Waals surface area (Å²) in [4.78, 5) is 0. The molecule has 0 amide bonds. The Bertz CT molecular complexity index is 799. The fraction of sp³-hybridized carbons (Fsp3) is 0.286. The minimum atomic E-state index is -1.23. The molecule has 0 aromatic heterocycles. The largest absolute Gasteiger partial charge is 0.398 e. The van der Waals surface area contributed by atoms with Crippen molar-refractivity contribution in [1.29, 1.82) is 0 Å². The first-order valence-electron chi connectivity index (χ1n) is 8.47. The van der Waals surface area contributed by atoms with Crippen molar-refractivity contribution in [3.8, 4) is 11.1 Å². The predicted molar refractivity (Wildman–Crippen MR) is 110 cm³/mol. The lowest BCUT2D eigenvalue weighted by Crippen LogP contribution is -2.10. The van der Waals surface area contributed by atoms with Crippen LogP contribution in [0.25, 0.3) is 11.1 Å². The van der Waals surface area contributed by atoms with E-state index in [-0.39, 0.29) is 0 Å². The zero-order valence-electron chi connectivity index (χ0n) is 14.9. The molecule has 0 radical (unpaired) electrons. The van der Waals surface area contributed by atoms with Crippen LogP contribution in [-0.2, 0) is 6.42 Å². The van der Waals surface area contributed by atoms with E-state index in [1.54, 1.807) is 0 Å². The number of anilines is 1. The summed E-state index contributed by atoms with van der Waals surface area (Å²) in [6, 6.07) is 15.0. The zero-order chi connectivity index (χ0) is 17.3. The van der Waals surface area contributed by atoms with Gasteiger partial charge in [0.25, 0.3) is 0 Å². The maximum absolute atomic E-state index is 6.22. The van der Waals surface area contributed by atoms with Crippen molar-refractivity contribution in [2.45, 2.75) is 20.3 Å². The summed E-state index contributed by atoms with van der Waals surface area (Å²) in [6.07, 6.45) is 11.0. The quantitative estimate of drug-likeness (QED) is 0.579. The standard InChI is InChI=1S/C21H27N2P/c1-16-5-8-19(9-6-16)20-14-18(7-10-21(20)22)13-17(2)15-24(3,4)23-11-12-23/h5-12,14,17H,3,13,15,22H2,1-2,4H3. The molecule has 0 spiro atoms. The topological polar surface area (TPSA) is 29.0 Å². The molecular formula is C21H27N2P. The molecule has 2 aromatic carbocycles. The number of rotatable bonds is 6. The van der Waals surface area contributed by atoms with E-state index in [1.165, 1.54) is 22.9 Å². The highest BCUT2D eigenvalue weighted by Gasteiger charge is 2.22. The number of hydrogen-bond donors (Lipinski definition) is 1. The van der Waals surface area contributed by atoms with E-state index in [0.717, 1.165) is 17.7 Å². The van der Waals surface area contributed by atoms with Gasteiger partial charge in [0.15, 0.2) is 0 Å². The highest BCUT2D eigenvalue weighted by Crippen LogP contribution is 2.52. The second-order valence-corrected chi connectivity index (χ2v) is 10.8. The van der Waals surface area contributed by atoms with E-state index in [9.17, 15) is 0 Å². The Kier molecular flexibility index (Phi) is 4.60. The Morgan fingerprint density at radius 3 is 2.42 bits per heavy atom. The van der Waals surface area contributed by atoms with Crippen molar-refractivity contribution in [1.82, 2.24) is 4.67 Å². The lowest BCUT2D eigenvalue weighted by molar-refractivity contribution is 0.648. The van der Waals surface area contributed by atoms with Gasteiger partial charge in [-0.15, -0.1) is 0 Å². The molecule has 1 aliphatic rings. The van der Waals surface area contributed by atoms with Crippen LogP contribution in [0.15, 0.2) is 54.9 Å². The molecule has 2 unspecified atom stereocenters. The minimum absolute atomic E-state index is 0.609. The molecule has 2 nitrogen and oxygen atoms in total. The summed E-state index contributed by atoms with van der Waals surface area (Å²) >= 11 is 0. The first-order valence-corrected chi connectivity index (χ1v) is 11.0. The van der Waals surface area contributed by atoms with Crippen LogP contribution in [0.4, 0.5) is 5.69 Å². The van der Waals surface area contributed by atoms with Gasteiger partial charge in [0.05, 0.1) is 0 Å². The Balaban J connectivity index is 1.75. The maximum atomic E-state index is 6.22. The summed E-state index contributed by atoms with van der Waals surface area (Å²) in [5.41, 5.74) is 12.0. The van der Waals surface area contributed by atoms with Crippen LogP contribution in [0, 0.1) is 12.8 Å². The van der Waals surface area contributed by atoms with E-state index in [4.69, 9.17) is 5.73 Å². The molecule has 0 fully saturated rings. The normalized spacial score (nSPS) is 16.7. The highest BCUT2D eigenvalue weighted by molar-refractivity contribution is 7.71. The van der Waals surface area contributed by atoms with Crippen molar-refractivity contribution >= 4 is 19.0 Å². The van der Waals surface area contributed by atoms with E-state index in [1.807, 2.05) is 6.07 Å². The number of nitrogens with zero attached hydrogens (tertiary/aromatic N) is 1. The van der Waals surface area contributed by atoms with Gasteiger partial charge >= 0.3 is 0 Å². The Morgan fingerprint density at radius 1 is 1.12 bits per heavy atom. The van der Waals surface area contributed by atoms with Crippen molar-refractivity contribution in [2.75, 3.05) is 18.6 Å². The first-order chi connectivity index (χ1) is 11.3. The number of aryl methyl sites for hydroxylation is 1. The summed E-state index contributed by atoms with van der Waals surface area (Å²) in [5, 5.41) is 0. The van der Waals surface area contributed by atoms with Gasteiger partial charge in [-0.2, -0.15) is 0 Å². The predicted octanol–water partition coefficient (Wildman–Crippen LogP) is 5.20. The van der Waals surface area contributed by atoms with Gasteiger partial charge < -0.3 is 10.4 Å². The molecule has 0 saturated heterocycles. The third-order valence-electron chi connectivity index (χ3n) is 4.61. The molecular weight excluding hydrogens is 311 g/mol. The third-order valence-corrected chi connectivity index (χ3v) is 7.40. The minimum Gasteiger partial charge on any atom is -0.398 e. The summed E-state index contributed by atoms with van der Waals surface area (Å²) in [7, 11) is -1.23. The molecule has 2 N–H and O–H groups in total. The van der Waals surface area contributed by atoms with Crippen LogP contribution in [-0.4, -0.2) is 23.8 Å². The van der Waals surface area contributed by atoms with Gasteiger partial charge in [0.2, 0.25) is 0 Å². The number of nitrogen functional groups attached to an aromatic ring is 1. The van der Waals surface area contributed by atoms with Crippen LogP contribution in [0.1, 0.15) is 18.1 Å². The molecule has 3 heteroatoms. The van der Waals surface area contributed by atoms with Gasteiger partial charge in [-0.1, -0.05) is 49.1 Å². The molecule has 2 atom stereocenters. The van der Waals surface area contributed by atoms with Crippen LogP contribution >= 0.6 is 7.04 Å². The van der Waals surface area contributed by atoms with Gasteiger partial charge in [-0.25, -0.2) is 0 Å². The van der Waals surface area contributed by atoms with Crippen LogP contribution in [0.2, 0.25) is 0 Å². The molecule has 3 rings (SSSR count). The van der Waals surface area contributed by atoms with Gasteiger partial charge in [-0.05, 0) is 62.4 Å². The van der Waals surface area contributed by atoms with Crippen molar-refractivity contribution < 1.29 is 0 Å². The van der Waals surface area contributed by atoms with Crippen molar-refractivity contribution in [3.05, 3.63) is 66.0 Å². The lowest BCUT2D eigenvalue weighted by Gasteiger charge is -2.25. The Hall–Kier alpha value is -1.92. The van der Waals surface area contributed by atoms with E-state index in [2.05, 4.69) is 80.3 Å². The molecule has 24 heavy (non-hydrogen) atoms. The van der Waals surface area contributed by atoms with E-state index in [0.29, 0.717) is 5.92 Å². The van der Waals surface area contributed by atoms with Gasteiger partial charge in [-0.3, -0.25) is 0 Å². The molecule has 0 aliphatic carbocycles. The maximum Gasteiger partial charge on any atom is 0.0393 e. The average molecular weight is 338 g/mol. The van der Waals surface area contributed by atoms with Crippen molar-refractivity contribution in [3.63, 3.8) is 0 Å². The van der Waals surface area contributed by atoms with Crippen LogP contribution < -0.4 is 5.73 Å². The van der Waals surface area contributed by atoms with E-state index >= 15 is 0 Å². The summed E-state index contributed by atoms with van der Waals surface area (Å²) < 4.78 is 2.31. The lowest BCUT2D eigenvalue weighted by atomic mass is 9.96. The molecule has 2 aromatic rings. The Morgan fingerprint density at radius 2 is 1.79 bits per heavy atom. The summed E-state index contributed by atoms with van der Waals surface area (Å²) in [5.74, 6) is 0.609. The number of hydrogen-bond acceptors (Lipinski definition) is 2. The molecule has 1 aliphatic heterocycles. The highest BCUT2D eigenvalue weighted by atomic mass is 31.2. The fourth-order valence-electron chi connectivity index (χ4n) is 3.30. The zero-order valence-corrected chi connectivity index (χ0v) is 15.8. The van der Waals surface area contributed by atoms with E-state index < -0.39 is 7.04 Å². The number of benzene rings is 2. The van der Waals surface area contributed by atoms with Crippen LogP contribution in [0.5, 0.6) is 0 Å². The molecule has 1 heterocycles. The second kappa shape index (κ2) is 6.53.